The molecule has 0 fully saturated rings. The molecule has 0 saturated heterocycles. The van der Waals surface area contributed by atoms with E-state index >= 15 is 0 Å². The van der Waals surface area contributed by atoms with Crippen LogP contribution >= 0.6 is 22.6 Å². The van der Waals surface area contributed by atoms with Crippen molar-refractivity contribution in [2.24, 2.45) is 0 Å². The Morgan fingerprint density at radius 1 is 1.29 bits per heavy atom. The van der Waals surface area contributed by atoms with Gasteiger partial charge in [0.1, 0.15) is 5.82 Å². The molecule has 0 saturated carbocycles. The highest BCUT2D eigenvalue weighted by atomic mass is 127. The summed E-state index contributed by atoms with van der Waals surface area (Å²) in [5, 5.41) is 4.25. The maximum Gasteiger partial charge on any atom is 0.135 e. The number of nitrogen functional groups attached to an aromatic ring is 1. The Labute approximate surface area is 115 Å². The van der Waals surface area contributed by atoms with Crippen LogP contribution in [0.25, 0.3) is 0 Å². The molecule has 90 valence electrons. The molecule has 0 aliphatic rings. The third-order valence-corrected chi connectivity index (χ3v) is 3.64. The normalized spacial score (nSPS) is 11.1. The van der Waals surface area contributed by atoms with Gasteiger partial charge >= 0.3 is 0 Å². The van der Waals surface area contributed by atoms with E-state index < -0.39 is 0 Å². The van der Waals surface area contributed by atoms with Crippen molar-refractivity contribution in [2.45, 2.75) is 26.3 Å². The Morgan fingerprint density at radius 3 is 2.41 bits per heavy atom. The first kappa shape index (κ1) is 12.4. The second kappa shape index (κ2) is 5.08. The Bertz CT molecular complexity index is 500. The van der Waals surface area contributed by atoms with E-state index in [0.29, 0.717) is 5.92 Å². The summed E-state index contributed by atoms with van der Waals surface area (Å²) in [6, 6.07) is 8.63. The van der Waals surface area contributed by atoms with E-state index in [9.17, 15) is 0 Å². The molecular formula is C13H16IN3. The molecule has 0 spiro atoms. The van der Waals surface area contributed by atoms with Gasteiger partial charge in [0.25, 0.3) is 0 Å². The van der Waals surface area contributed by atoms with Crippen LogP contribution in [0, 0.1) is 3.57 Å². The van der Waals surface area contributed by atoms with E-state index in [4.69, 9.17) is 5.73 Å². The zero-order valence-electron chi connectivity index (χ0n) is 10.0. The van der Waals surface area contributed by atoms with E-state index in [1.54, 1.807) is 6.20 Å². The van der Waals surface area contributed by atoms with Crippen LogP contribution in [0.4, 0.5) is 5.82 Å². The van der Waals surface area contributed by atoms with Gasteiger partial charge in [0, 0.05) is 0 Å². The molecule has 0 bridgehead atoms. The fraction of sp³-hybridized carbons (Fsp3) is 0.308. The topological polar surface area (TPSA) is 43.8 Å². The van der Waals surface area contributed by atoms with Gasteiger partial charge in [0.2, 0.25) is 0 Å². The molecule has 2 aromatic rings. The van der Waals surface area contributed by atoms with Crippen LogP contribution in [0.1, 0.15) is 30.9 Å². The van der Waals surface area contributed by atoms with Crippen LogP contribution in [0.5, 0.6) is 0 Å². The van der Waals surface area contributed by atoms with Gasteiger partial charge in [0.15, 0.2) is 0 Å². The van der Waals surface area contributed by atoms with Crippen LogP contribution in [-0.4, -0.2) is 9.78 Å². The summed E-state index contributed by atoms with van der Waals surface area (Å²) in [6.07, 6.45) is 1.79. The number of hydrogen-bond acceptors (Lipinski definition) is 2. The largest absolute Gasteiger partial charge is 0.383 e. The standard InChI is InChI=1S/C13H16IN3/c1-9(2)11-5-3-10(4-6-11)8-17-13(15)12(14)7-16-17/h3-7,9H,8,15H2,1-2H3. The first-order chi connectivity index (χ1) is 8.08. The fourth-order valence-corrected chi connectivity index (χ4v) is 2.08. The number of hydrogen-bond donors (Lipinski definition) is 1. The molecule has 1 aromatic heterocycles. The molecular weight excluding hydrogens is 325 g/mol. The molecule has 0 radical (unpaired) electrons. The summed E-state index contributed by atoms with van der Waals surface area (Å²) in [6.45, 7) is 5.12. The Kier molecular flexibility index (Phi) is 3.71. The molecule has 0 unspecified atom stereocenters. The predicted octanol–water partition coefficient (Wildman–Crippen LogP) is 3.24. The third kappa shape index (κ3) is 2.80. The number of anilines is 1. The summed E-state index contributed by atoms with van der Waals surface area (Å²) in [5.41, 5.74) is 8.50. The first-order valence-corrected chi connectivity index (χ1v) is 6.71. The summed E-state index contributed by atoms with van der Waals surface area (Å²) in [7, 11) is 0. The van der Waals surface area contributed by atoms with Crippen molar-refractivity contribution < 1.29 is 0 Å². The first-order valence-electron chi connectivity index (χ1n) is 5.63. The second-order valence-corrected chi connectivity index (χ2v) is 5.59. The monoisotopic (exact) mass is 341 g/mol. The van der Waals surface area contributed by atoms with Gasteiger partial charge in [-0.3, -0.25) is 0 Å². The molecule has 17 heavy (non-hydrogen) atoms. The Hall–Kier alpha value is -1.04. The molecule has 4 heteroatoms. The highest BCUT2D eigenvalue weighted by Crippen LogP contribution is 2.17. The van der Waals surface area contributed by atoms with E-state index in [2.05, 4.69) is 65.8 Å². The quantitative estimate of drug-likeness (QED) is 0.871. The fourth-order valence-electron chi connectivity index (χ4n) is 1.68. The number of rotatable bonds is 3. The van der Waals surface area contributed by atoms with Gasteiger partial charge in [0.05, 0.1) is 16.3 Å². The minimum absolute atomic E-state index is 0.569. The second-order valence-electron chi connectivity index (χ2n) is 4.43. The third-order valence-electron chi connectivity index (χ3n) is 2.81. The van der Waals surface area contributed by atoms with E-state index in [0.717, 1.165) is 15.9 Å². The van der Waals surface area contributed by atoms with Crippen molar-refractivity contribution in [1.82, 2.24) is 9.78 Å². The Morgan fingerprint density at radius 2 is 1.94 bits per heavy atom. The highest BCUT2D eigenvalue weighted by Gasteiger charge is 2.05. The average molecular weight is 341 g/mol. The van der Waals surface area contributed by atoms with E-state index in [1.165, 1.54) is 11.1 Å². The lowest BCUT2D eigenvalue weighted by atomic mass is 10.0. The van der Waals surface area contributed by atoms with Gasteiger partial charge in [-0.15, -0.1) is 0 Å². The van der Waals surface area contributed by atoms with Gasteiger partial charge in [-0.05, 0) is 39.6 Å². The summed E-state index contributed by atoms with van der Waals surface area (Å²) < 4.78 is 2.83. The molecule has 1 aromatic carbocycles. The Balaban J connectivity index is 2.17. The molecule has 0 amide bonds. The minimum Gasteiger partial charge on any atom is -0.383 e. The minimum atomic E-state index is 0.569. The van der Waals surface area contributed by atoms with Crippen molar-refractivity contribution in [1.29, 1.82) is 0 Å². The molecule has 3 nitrogen and oxygen atoms in total. The van der Waals surface area contributed by atoms with Crippen molar-refractivity contribution in [3.63, 3.8) is 0 Å². The molecule has 0 aliphatic heterocycles. The number of nitrogens with zero attached hydrogens (tertiary/aromatic N) is 2. The van der Waals surface area contributed by atoms with Gasteiger partial charge < -0.3 is 5.73 Å². The zero-order valence-corrected chi connectivity index (χ0v) is 12.2. The van der Waals surface area contributed by atoms with Crippen molar-refractivity contribution in [2.75, 3.05) is 5.73 Å². The van der Waals surface area contributed by atoms with Crippen molar-refractivity contribution in [3.05, 3.63) is 45.2 Å². The molecule has 0 atom stereocenters. The number of aromatic nitrogens is 2. The average Bonchev–Trinajstić information content (AvgIpc) is 2.62. The molecule has 2 N–H and O–H groups in total. The summed E-state index contributed by atoms with van der Waals surface area (Å²) in [5.74, 6) is 1.30. The SMILES string of the molecule is CC(C)c1ccc(Cn2ncc(I)c2N)cc1. The van der Waals surface area contributed by atoms with Crippen molar-refractivity contribution >= 4 is 28.4 Å². The smallest absolute Gasteiger partial charge is 0.135 e. The lowest BCUT2D eigenvalue weighted by molar-refractivity contribution is 0.696. The number of nitrogens with two attached hydrogens (primary N) is 1. The van der Waals surface area contributed by atoms with Crippen LogP contribution < -0.4 is 5.73 Å². The number of benzene rings is 1. The van der Waals surface area contributed by atoms with Crippen LogP contribution in [-0.2, 0) is 6.54 Å². The maximum absolute atomic E-state index is 5.92. The summed E-state index contributed by atoms with van der Waals surface area (Å²) in [4.78, 5) is 0. The van der Waals surface area contributed by atoms with Gasteiger partial charge in [-0.25, -0.2) is 4.68 Å². The summed E-state index contributed by atoms with van der Waals surface area (Å²) >= 11 is 2.19. The van der Waals surface area contributed by atoms with E-state index in [-0.39, 0.29) is 0 Å². The lowest BCUT2D eigenvalue weighted by Crippen LogP contribution is -2.06. The van der Waals surface area contributed by atoms with Gasteiger partial charge in [-0.2, -0.15) is 5.10 Å². The van der Waals surface area contributed by atoms with Crippen LogP contribution in [0.2, 0.25) is 0 Å². The molecule has 1 heterocycles. The van der Waals surface area contributed by atoms with E-state index in [1.807, 2.05) is 4.68 Å². The van der Waals surface area contributed by atoms with Crippen molar-refractivity contribution in [3.8, 4) is 0 Å². The predicted molar refractivity (Wildman–Crippen MR) is 79.0 cm³/mol. The molecule has 2 rings (SSSR count). The number of halogens is 1. The van der Waals surface area contributed by atoms with Crippen LogP contribution in [0.3, 0.4) is 0 Å². The highest BCUT2D eigenvalue weighted by molar-refractivity contribution is 14.1. The zero-order chi connectivity index (χ0) is 12.4. The lowest BCUT2D eigenvalue weighted by Gasteiger charge is -2.08. The maximum atomic E-state index is 5.92. The van der Waals surface area contributed by atoms with Crippen LogP contribution in [0.15, 0.2) is 30.5 Å². The molecule has 0 aliphatic carbocycles. The van der Waals surface area contributed by atoms with Gasteiger partial charge in [-0.1, -0.05) is 38.1 Å².